The first kappa shape index (κ1) is 11.7. The van der Waals surface area contributed by atoms with E-state index in [0.717, 1.165) is 12.8 Å². The minimum absolute atomic E-state index is 0.613. The molecule has 0 saturated carbocycles. The molecule has 0 aliphatic heterocycles. The molecule has 0 bridgehead atoms. The normalized spacial score (nSPS) is 23.2. The van der Waals surface area contributed by atoms with Gasteiger partial charge in [-0.05, 0) is 46.9 Å². The van der Waals surface area contributed by atoms with Gasteiger partial charge in [-0.3, -0.25) is 0 Å². The molecule has 0 heterocycles. The van der Waals surface area contributed by atoms with E-state index in [2.05, 4.69) is 72.8 Å². The minimum atomic E-state index is 0.613. The molecule has 2 aliphatic rings. The predicted octanol–water partition coefficient (Wildman–Crippen LogP) is 5.39. The van der Waals surface area contributed by atoms with Crippen molar-refractivity contribution in [3.05, 3.63) is 82.9 Å². The van der Waals surface area contributed by atoms with Crippen LogP contribution in [0.2, 0.25) is 0 Å². The molecule has 0 fully saturated rings. The average molecular weight is 258 g/mol. The van der Waals surface area contributed by atoms with Gasteiger partial charge in [-0.2, -0.15) is 0 Å². The molecule has 2 aromatic carbocycles. The summed E-state index contributed by atoms with van der Waals surface area (Å²) in [6.07, 6.45) is 11.5. The summed E-state index contributed by atoms with van der Waals surface area (Å²) < 4.78 is 0. The largest absolute Gasteiger partial charge is 0.0833 e. The van der Waals surface area contributed by atoms with Crippen LogP contribution in [0.3, 0.4) is 0 Å². The van der Waals surface area contributed by atoms with Crippen LogP contribution in [0.4, 0.5) is 0 Å². The molecule has 2 unspecified atom stereocenters. The van der Waals surface area contributed by atoms with Crippen LogP contribution >= 0.6 is 0 Å². The van der Waals surface area contributed by atoms with Crippen molar-refractivity contribution in [2.75, 3.05) is 0 Å². The topological polar surface area (TPSA) is 0 Å². The van der Waals surface area contributed by atoms with Gasteiger partial charge in [0.05, 0.1) is 0 Å². The number of fused-ring (bicyclic) bond motifs is 2. The first-order valence-electron chi connectivity index (χ1n) is 7.44. The lowest BCUT2D eigenvalue weighted by atomic mass is 9.72. The number of allylic oxidation sites excluding steroid dienone is 2. The van der Waals surface area contributed by atoms with E-state index in [1.165, 1.54) is 22.3 Å². The fourth-order valence-corrected chi connectivity index (χ4v) is 3.70. The van der Waals surface area contributed by atoms with Crippen LogP contribution in [0.1, 0.15) is 46.9 Å². The Hall–Kier alpha value is -2.08. The fourth-order valence-electron chi connectivity index (χ4n) is 3.70. The maximum absolute atomic E-state index is 2.34. The van der Waals surface area contributed by atoms with E-state index < -0.39 is 0 Å². The highest BCUT2D eigenvalue weighted by Crippen LogP contribution is 2.45. The number of hydrogen-bond donors (Lipinski definition) is 0. The van der Waals surface area contributed by atoms with Crippen molar-refractivity contribution in [1.29, 1.82) is 0 Å². The SMILES string of the molecule is C1=Cc2ccccc2C(C2CC=Cc3ccccc32)C1. The molecular weight excluding hydrogens is 240 g/mol. The van der Waals surface area contributed by atoms with E-state index in [9.17, 15) is 0 Å². The van der Waals surface area contributed by atoms with Gasteiger partial charge in [-0.15, -0.1) is 0 Å². The summed E-state index contributed by atoms with van der Waals surface area (Å²) in [5.74, 6) is 1.23. The molecule has 0 amide bonds. The van der Waals surface area contributed by atoms with Gasteiger partial charge in [0.25, 0.3) is 0 Å². The van der Waals surface area contributed by atoms with Crippen LogP contribution in [0.5, 0.6) is 0 Å². The summed E-state index contributed by atoms with van der Waals surface area (Å²) in [5, 5.41) is 0. The maximum atomic E-state index is 2.34. The zero-order valence-electron chi connectivity index (χ0n) is 11.5. The standard InChI is InChI=1S/C20H18/c1-3-11-17-15(7-1)9-5-13-19(17)20-14-6-10-16-8-2-4-12-18(16)20/h1-12,19-20H,13-14H2. The molecular formula is C20H18. The highest BCUT2D eigenvalue weighted by molar-refractivity contribution is 5.62. The molecule has 4 rings (SSSR count). The van der Waals surface area contributed by atoms with Gasteiger partial charge < -0.3 is 0 Å². The van der Waals surface area contributed by atoms with Gasteiger partial charge in [-0.25, -0.2) is 0 Å². The Morgan fingerprint density at radius 2 is 1.05 bits per heavy atom. The van der Waals surface area contributed by atoms with Gasteiger partial charge in [-0.1, -0.05) is 72.8 Å². The number of rotatable bonds is 1. The summed E-state index contributed by atoms with van der Waals surface area (Å²) in [6.45, 7) is 0. The summed E-state index contributed by atoms with van der Waals surface area (Å²) in [6, 6.07) is 17.7. The Balaban J connectivity index is 1.80. The van der Waals surface area contributed by atoms with Crippen molar-refractivity contribution >= 4 is 12.2 Å². The highest BCUT2D eigenvalue weighted by atomic mass is 14.3. The van der Waals surface area contributed by atoms with Crippen LogP contribution in [-0.2, 0) is 0 Å². The monoisotopic (exact) mass is 258 g/mol. The van der Waals surface area contributed by atoms with Crippen molar-refractivity contribution in [3.63, 3.8) is 0 Å². The molecule has 0 nitrogen and oxygen atoms in total. The van der Waals surface area contributed by atoms with Gasteiger partial charge >= 0.3 is 0 Å². The summed E-state index contributed by atoms with van der Waals surface area (Å²) in [7, 11) is 0. The van der Waals surface area contributed by atoms with Gasteiger partial charge in [0, 0.05) is 0 Å². The highest BCUT2D eigenvalue weighted by Gasteiger charge is 2.28. The molecule has 2 aliphatic carbocycles. The first-order valence-corrected chi connectivity index (χ1v) is 7.44. The molecule has 98 valence electrons. The average Bonchev–Trinajstić information content (AvgIpc) is 2.54. The quantitative estimate of drug-likeness (QED) is 0.643. The second kappa shape index (κ2) is 4.79. The first-order chi connectivity index (χ1) is 9.93. The van der Waals surface area contributed by atoms with Crippen molar-refractivity contribution < 1.29 is 0 Å². The van der Waals surface area contributed by atoms with Crippen LogP contribution in [0, 0.1) is 0 Å². The zero-order valence-corrected chi connectivity index (χ0v) is 11.5. The lowest BCUT2D eigenvalue weighted by molar-refractivity contribution is 0.539. The Kier molecular flexibility index (Phi) is 2.81. The van der Waals surface area contributed by atoms with E-state index in [4.69, 9.17) is 0 Å². The van der Waals surface area contributed by atoms with E-state index in [1.54, 1.807) is 0 Å². The lowest BCUT2D eigenvalue weighted by Gasteiger charge is -2.32. The second-order valence-electron chi connectivity index (χ2n) is 5.75. The second-order valence-corrected chi connectivity index (χ2v) is 5.75. The smallest absolute Gasteiger partial charge is 0.00493 e. The van der Waals surface area contributed by atoms with Gasteiger partial charge in [0.2, 0.25) is 0 Å². The molecule has 20 heavy (non-hydrogen) atoms. The minimum Gasteiger partial charge on any atom is -0.0833 e. The van der Waals surface area contributed by atoms with Gasteiger partial charge in [0.1, 0.15) is 0 Å². The van der Waals surface area contributed by atoms with Crippen molar-refractivity contribution in [3.8, 4) is 0 Å². The molecule has 2 atom stereocenters. The third-order valence-corrected chi connectivity index (χ3v) is 4.65. The van der Waals surface area contributed by atoms with Crippen molar-refractivity contribution in [2.24, 2.45) is 0 Å². The third kappa shape index (κ3) is 1.84. The summed E-state index contributed by atoms with van der Waals surface area (Å²) >= 11 is 0. The van der Waals surface area contributed by atoms with E-state index in [1.807, 2.05) is 0 Å². The molecule has 0 aromatic heterocycles. The predicted molar refractivity (Wildman–Crippen MR) is 85.7 cm³/mol. The number of hydrogen-bond acceptors (Lipinski definition) is 0. The maximum Gasteiger partial charge on any atom is -0.00493 e. The lowest BCUT2D eigenvalue weighted by Crippen LogP contribution is -2.16. The fraction of sp³-hybridized carbons (Fsp3) is 0.200. The van der Waals surface area contributed by atoms with Crippen LogP contribution in [0.25, 0.3) is 12.2 Å². The van der Waals surface area contributed by atoms with Crippen molar-refractivity contribution in [1.82, 2.24) is 0 Å². The molecule has 0 saturated heterocycles. The van der Waals surface area contributed by atoms with Crippen molar-refractivity contribution in [2.45, 2.75) is 24.7 Å². The molecule has 0 N–H and O–H groups in total. The molecule has 0 radical (unpaired) electrons. The van der Waals surface area contributed by atoms with Gasteiger partial charge in [0.15, 0.2) is 0 Å². The number of benzene rings is 2. The zero-order chi connectivity index (χ0) is 13.4. The van der Waals surface area contributed by atoms with Crippen LogP contribution in [-0.4, -0.2) is 0 Å². The van der Waals surface area contributed by atoms with Crippen LogP contribution in [0.15, 0.2) is 60.7 Å². The molecule has 2 aromatic rings. The summed E-state index contributed by atoms with van der Waals surface area (Å²) in [4.78, 5) is 0. The Labute approximate surface area is 120 Å². The molecule has 0 heteroatoms. The summed E-state index contributed by atoms with van der Waals surface area (Å²) in [5.41, 5.74) is 5.83. The Bertz CT molecular complexity index is 629. The van der Waals surface area contributed by atoms with E-state index in [-0.39, 0.29) is 0 Å². The third-order valence-electron chi connectivity index (χ3n) is 4.65. The van der Waals surface area contributed by atoms with E-state index in [0.29, 0.717) is 11.8 Å². The van der Waals surface area contributed by atoms with E-state index >= 15 is 0 Å². The Morgan fingerprint density at radius 3 is 1.55 bits per heavy atom. The Morgan fingerprint density at radius 1 is 0.600 bits per heavy atom. The van der Waals surface area contributed by atoms with Crippen LogP contribution < -0.4 is 0 Å². The molecule has 0 spiro atoms.